The van der Waals surface area contributed by atoms with Crippen molar-refractivity contribution in [2.75, 3.05) is 18.1 Å². The molecule has 0 aromatic heterocycles. The lowest BCUT2D eigenvalue weighted by molar-refractivity contribution is -0.158. The molecule has 1 fully saturated rings. The van der Waals surface area contributed by atoms with Gasteiger partial charge in [-0.3, -0.25) is 14.6 Å². The Kier molecular flexibility index (Phi) is 6.79. The molecule has 0 atom stereocenters. The van der Waals surface area contributed by atoms with Gasteiger partial charge in [0.25, 0.3) is 5.91 Å². The first kappa shape index (κ1) is 23.6. The molecule has 3 rings (SSSR count). The number of halogens is 1. The number of carbonyl (C=O) groups excluding carboxylic acids is 3. The van der Waals surface area contributed by atoms with Crippen molar-refractivity contribution in [1.82, 2.24) is 4.90 Å². The van der Waals surface area contributed by atoms with Gasteiger partial charge in [0.1, 0.15) is 12.3 Å². The van der Waals surface area contributed by atoms with Gasteiger partial charge in [-0.25, -0.2) is 9.59 Å². The normalized spacial score (nSPS) is 14.2. The van der Waals surface area contributed by atoms with Crippen molar-refractivity contribution in [3.05, 3.63) is 58.1 Å². The molecule has 7 nitrogen and oxygen atoms in total. The molecule has 8 heteroatoms. The van der Waals surface area contributed by atoms with E-state index in [1.165, 1.54) is 9.80 Å². The Labute approximate surface area is 192 Å². The number of esters is 1. The topological polar surface area (TPSA) is 76.2 Å². The van der Waals surface area contributed by atoms with E-state index >= 15 is 0 Å². The standard InChI is InChI=1S/C24H27ClN2O5/c1-6-31-22(29)24(4,5)32-21-15(2)10-17(11-16(21)3)13-27-20(28)14-26(23(27)30)19-9-7-8-18(25)12-19/h7-12H,6,13-14H2,1-5H3. The number of carbonyl (C=O) groups is 3. The molecule has 170 valence electrons. The summed E-state index contributed by atoms with van der Waals surface area (Å²) < 4.78 is 11.1. The first-order valence-corrected chi connectivity index (χ1v) is 10.7. The highest BCUT2D eigenvalue weighted by Crippen LogP contribution is 2.31. The fourth-order valence-corrected chi connectivity index (χ4v) is 3.80. The van der Waals surface area contributed by atoms with Crippen molar-refractivity contribution in [3.8, 4) is 5.75 Å². The fraction of sp³-hybridized carbons (Fsp3) is 0.375. The van der Waals surface area contributed by atoms with Gasteiger partial charge in [0.15, 0.2) is 5.60 Å². The van der Waals surface area contributed by atoms with E-state index in [0.29, 0.717) is 16.5 Å². The number of benzene rings is 2. The molecule has 32 heavy (non-hydrogen) atoms. The Morgan fingerprint density at radius 3 is 2.38 bits per heavy atom. The van der Waals surface area contributed by atoms with Gasteiger partial charge in [0.05, 0.1) is 13.2 Å². The van der Waals surface area contributed by atoms with Crippen LogP contribution in [0.25, 0.3) is 0 Å². The van der Waals surface area contributed by atoms with E-state index in [1.807, 2.05) is 26.0 Å². The molecule has 1 aliphatic heterocycles. The van der Waals surface area contributed by atoms with E-state index < -0.39 is 17.6 Å². The lowest BCUT2D eigenvalue weighted by Crippen LogP contribution is -2.40. The maximum atomic E-state index is 12.9. The van der Waals surface area contributed by atoms with Gasteiger partial charge in [-0.05, 0) is 69.5 Å². The van der Waals surface area contributed by atoms with Crippen LogP contribution in [0.4, 0.5) is 10.5 Å². The summed E-state index contributed by atoms with van der Waals surface area (Å²) >= 11 is 6.03. The van der Waals surface area contributed by atoms with Crippen molar-refractivity contribution in [3.63, 3.8) is 0 Å². The number of hydrogen-bond donors (Lipinski definition) is 0. The molecule has 0 N–H and O–H groups in total. The number of ether oxygens (including phenoxy) is 2. The lowest BCUT2D eigenvalue weighted by atomic mass is 10.0. The monoisotopic (exact) mass is 458 g/mol. The zero-order chi connectivity index (χ0) is 23.6. The Morgan fingerprint density at radius 2 is 1.78 bits per heavy atom. The summed E-state index contributed by atoms with van der Waals surface area (Å²) in [7, 11) is 0. The minimum Gasteiger partial charge on any atom is -0.476 e. The van der Waals surface area contributed by atoms with E-state index in [2.05, 4.69) is 0 Å². The predicted octanol–water partition coefficient (Wildman–Crippen LogP) is 4.65. The van der Waals surface area contributed by atoms with Crippen molar-refractivity contribution in [1.29, 1.82) is 0 Å². The molecule has 1 heterocycles. The summed E-state index contributed by atoms with van der Waals surface area (Å²) in [4.78, 5) is 40.3. The third-order valence-corrected chi connectivity index (χ3v) is 5.40. The molecular formula is C24H27ClN2O5. The van der Waals surface area contributed by atoms with E-state index in [-0.39, 0.29) is 25.6 Å². The Morgan fingerprint density at radius 1 is 1.12 bits per heavy atom. The van der Waals surface area contributed by atoms with Crippen LogP contribution in [-0.4, -0.2) is 41.6 Å². The summed E-state index contributed by atoms with van der Waals surface area (Å²) in [5, 5.41) is 0.494. The summed E-state index contributed by atoms with van der Waals surface area (Å²) in [6.45, 7) is 9.15. The summed E-state index contributed by atoms with van der Waals surface area (Å²) in [6.07, 6.45) is 0. The number of amides is 3. The van der Waals surface area contributed by atoms with Gasteiger partial charge < -0.3 is 9.47 Å². The van der Waals surface area contributed by atoms with Crippen molar-refractivity contribution < 1.29 is 23.9 Å². The number of urea groups is 1. The second kappa shape index (κ2) is 9.20. The summed E-state index contributed by atoms with van der Waals surface area (Å²) in [6, 6.07) is 10.2. The molecule has 0 saturated carbocycles. The van der Waals surface area contributed by atoms with Crippen molar-refractivity contribution in [2.24, 2.45) is 0 Å². The van der Waals surface area contributed by atoms with Crippen LogP contribution in [0.3, 0.4) is 0 Å². The van der Waals surface area contributed by atoms with E-state index in [1.54, 1.807) is 45.0 Å². The molecule has 0 spiro atoms. The lowest BCUT2D eigenvalue weighted by Gasteiger charge is -2.26. The first-order chi connectivity index (χ1) is 15.0. The van der Waals surface area contributed by atoms with Crippen LogP contribution in [0.5, 0.6) is 5.75 Å². The number of aryl methyl sites for hydroxylation is 2. The van der Waals surface area contributed by atoms with Crippen LogP contribution in [0, 0.1) is 13.8 Å². The molecule has 0 aliphatic carbocycles. The van der Waals surface area contributed by atoms with Crippen LogP contribution in [0.1, 0.15) is 37.5 Å². The number of anilines is 1. The molecule has 2 aromatic rings. The predicted molar refractivity (Wildman–Crippen MR) is 122 cm³/mol. The van der Waals surface area contributed by atoms with Gasteiger partial charge in [-0.2, -0.15) is 0 Å². The van der Waals surface area contributed by atoms with Gasteiger partial charge in [0, 0.05) is 10.7 Å². The zero-order valence-corrected chi connectivity index (χ0v) is 19.7. The van der Waals surface area contributed by atoms with Gasteiger partial charge >= 0.3 is 12.0 Å². The molecule has 2 aromatic carbocycles. The average molecular weight is 459 g/mol. The number of imide groups is 1. The van der Waals surface area contributed by atoms with Crippen LogP contribution in [0.2, 0.25) is 5.02 Å². The molecule has 0 unspecified atom stereocenters. The molecule has 1 saturated heterocycles. The quantitative estimate of drug-likeness (QED) is 0.446. The highest BCUT2D eigenvalue weighted by atomic mass is 35.5. The first-order valence-electron chi connectivity index (χ1n) is 10.4. The second-order valence-corrected chi connectivity index (χ2v) is 8.66. The second-order valence-electron chi connectivity index (χ2n) is 8.22. The van der Waals surface area contributed by atoms with Crippen LogP contribution in [-0.2, 0) is 20.9 Å². The Bertz CT molecular complexity index is 1040. The van der Waals surface area contributed by atoms with Crippen LogP contribution < -0.4 is 9.64 Å². The average Bonchev–Trinajstić information content (AvgIpc) is 2.99. The smallest absolute Gasteiger partial charge is 0.349 e. The van der Waals surface area contributed by atoms with E-state index in [4.69, 9.17) is 21.1 Å². The van der Waals surface area contributed by atoms with Crippen LogP contribution >= 0.6 is 11.6 Å². The fourth-order valence-electron chi connectivity index (χ4n) is 3.62. The molecule has 0 bridgehead atoms. The van der Waals surface area contributed by atoms with Crippen LogP contribution in [0.15, 0.2) is 36.4 Å². The Balaban J connectivity index is 1.79. The number of rotatable bonds is 7. The van der Waals surface area contributed by atoms with Gasteiger partial charge in [-0.1, -0.05) is 29.8 Å². The SMILES string of the molecule is CCOC(=O)C(C)(C)Oc1c(C)cc(CN2C(=O)CN(c3cccc(Cl)c3)C2=O)cc1C. The number of nitrogens with zero attached hydrogens (tertiary/aromatic N) is 2. The van der Waals surface area contributed by atoms with Crippen molar-refractivity contribution in [2.45, 2.75) is 46.8 Å². The number of hydrogen-bond acceptors (Lipinski definition) is 5. The largest absolute Gasteiger partial charge is 0.476 e. The summed E-state index contributed by atoms with van der Waals surface area (Å²) in [5.74, 6) is -0.155. The summed E-state index contributed by atoms with van der Waals surface area (Å²) in [5.41, 5.74) is 1.81. The van der Waals surface area contributed by atoms with E-state index in [9.17, 15) is 14.4 Å². The third kappa shape index (κ3) is 4.88. The molecular weight excluding hydrogens is 432 g/mol. The minimum absolute atomic E-state index is 0.0357. The highest BCUT2D eigenvalue weighted by Gasteiger charge is 2.37. The Hall–Kier alpha value is -3.06. The van der Waals surface area contributed by atoms with Crippen molar-refractivity contribution >= 4 is 35.2 Å². The molecule has 1 aliphatic rings. The molecule has 3 amide bonds. The minimum atomic E-state index is -1.15. The zero-order valence-electron chi connectivity index (χ0n) is 18.9. The van der Waals surface area contributed by atoms with E-state index in [0.717, 1.165) is 16.7 Å². The maximum absolute atomic E-state index is 12.9. The molecule has 0 radical (unpaired) electrons. The maximum Gasteiger partial charge on any atom is 0.349 e. The van der Waals surface area contributed by atoms with Gasteiger partial charge in [0.2, 0.25) is 0 Å². The highest BCUT2D eigenvalue weighted by molar-refractivity contribution is 6.31. The third-order valence-electron chi connectivity index (χ3n) is 5.16. The van der Waals surface area contributed by atoms with Gasteiger partial charge in [-0.15, -0.1) is 0 Å².